The molecule has 2 heterocycles. The van der Waals surface area contributed by atoms with Gasteiger partial charge >= 0.3 is 0 Å². The molecule has 1 fully saturated rings. The Morgan fingerprint density at radius 3 is 2.46 bits per heavy atom. The average Bonchev–Trinajstić information content (AvgIpc) is 3.02. The van der Waals surface area contributed by atoms with Crippen molar-refractivity contribution < 1.29 is 14.4 Å². The normalized spacial score (nSPS) is 13.9. The molecule has 2 N–H and O–H groups in total. The van der Waals surface area contributed by atoms with Gasteiger partial charge in [-0.15, -0.1) is 0 Å². The van der Waals surface area contributed by atoms with E-state index in [1.807, 2.05) is 0 Å². The van der Waals surface area contributed by atoms with Crippen LogP contribution in [0.1, 0.15) is 16.1 Å². The lowest BCUT2D eigenvalue weighted by atomic mass is 10.1. The molecule has 2 aromatic carbocycles. The van der Waals surface area contributed by atoms with Crippen molar-refractivity contribution in [2.24, 2.45) is 0 Å². The summed E-state index contributed by atoms with van der Waals surface area (Å²) < 4.78 is 0. The number of amides is 3. The van der Waals surface area contributed by atoms with Crippen LogP contribution in [0, 0.1) is 0 Å². The molecule has 0 bridgehead atoms. The number of hydrogen-bond donors (Lipinski definition) is 2. The van der Waals surface area contributed by atoms with Gasteiger partial charge in [-0.05, 0) is 23.8 Å². The van der Waals surface area contributed by atoms with Crippen molar-refractivity contribution in [1.29, 1.82) is 0 Å². The molecule has 1 saturated heterocycles. The minimum atomic E-state index is -0.457. The molecule has 3 amide bonds. The zero-order valence-corrected chi connectivity index (χ0v) is 15.3. The van der Waals surface area contributed by atoms with Crippen molar-refractivity contribution >= 4 is 45.3 Å². The first-order valence-electron chi connectivity index (χ1n) is 8.38. The SMILES string of the molecule is O=C(Nc1ccc(CN2C(=O)CSC2=O)cc1)c1n[nH]c(=O)c2ccccc12. The quantitative estimate of drug-likeness (QED) is 0.703. The highest BCUT2D eigenvalue weighted by Crippen LogP contribution is 2.22. The van der Waals surface area contributed by atoms with Crippen LogP contribution in [0.4, 0.5) is 10.5 Å². The topological polar surface area (TPSA) is 112 Å². The van der Waals surface area contributed by atoms with Gasteiger partial charge < -0.3 is 5.32 Å². The summed E-state index contributed by atoms with van der Waals surface area (Å²) in [6.45, 7) is 0.199. The molecule has 1 aromatic heterocycles. The van der Waals surface area contributed by atoms with Crippen LogP contribution in [-0.2, 0) is 11.3 Å². The second-order valence-corrected chi connectivity index (χ2v) is 7.06. The third-order valence-corrected chi connectivity index (χ3v) is 5.16. The highest BCUT2D eigenvalue weighted by atomic mass is 32.2. The Morgan fingerprint density at radius 1 is 1.07 bits per heavy atom. The van der Waals surface area contributed by atoms with E-state index in [0.29, 0.717) is 16.5 Å². The number of fused-ring (bicyclic) bond motifs is 1. The third-order valence-electron chi connectivity index (χ3n) is 4.30. The molecule has 0 aliphatic carbocycles. The van der Waals surface area contributed by atoms with Crippen LogP contribution in [0.3, 0.4) is 0 Å². The molecule has 3 aromatic rings. The fourth-order valence-electron chi connectivity index (χ4n) is 2.89. The zero-order valence-electron chi connectivity index (χ0n) is 14.5. The number of aromatic nitrogens is 2. The molecule has 0 spiro atoms. The van der Waals surface area contributed by atoms with Gasteiger partial charge in [0.1, 0.15) is 0 Å². The van der Waals surface area contributed by atoms with Crippen LogP contribution < -0.4 is 10.9 Å². The largest absolute Gasteiger partial charge is 0.321 e. The Balaban J connectivity index is 1.51. The number of rotatable bonds is 4. The Bertz CT molecular complexity index is 1140. The lowest BCUT2D eigenvalue weighted by Crippen LogP contribution is -2.27. The number of carbonyl (C=O) groups is 3. The minimum Gasteiger partial charge on any atom is -0.321 e. The van der Waals surface area contributed by atoms with Gasteiger partial charge in [0.15, 0.2) is 5.69 Å². The van der Waals surface area contributed by atoms with Crippen LogP contribution >= 0.6 is 11.8 Å². The molecule has 8 nitrogen and oxygen atoms in total. The summed E-state index contributed by atoms with van der Waals surface area (Å²) in [6, 6.07) is 13.6. The molecule has 9 heteroatoms. The molecule has 140 valence electrons. The first-order chi connectivity index (χ1) is 13.5. The highest BCUT2D eigenvalue weighted by Gasteiger charge is 2.29. The Morgan fingerprint density at radius 2 is 1.79 bits per heavy atom. The molecular formula is C19H14N4O4S. The molecule has 0 atom stereocenters. The number of H-pyrrole nitrogens is 1. The fraction of sp³-hybridized carbons (Fsp3) is 0.105. The maximum Gasteiger partial charge on any atom is 0.289 e. The van der Waals surface area contributed by atoms with Crippen LogP contribution in [0.2, 0.25) is 0 Å². The zero-order chi connectivity index (χ0) is 19.7. The molecule has 0 radical (unpaired) electrons. The van der Waals surface area contributed by atoms with Gasteiger partial charge in [0.05, 0.1) is 17.7 Å². The van der Waals surface area contributed by atoms with Gasteiger partial charge in [0, 0.05) is 11.1 Å². The van der Waals surface area contributed by atoms with Gasteiger partial charge in [-0.2, -0.15) is 5.10 Å². The first-order valence-corrected chi connectivity index (χ1v) is 9.36. The number of thioether (sulfide) groups is 1. The maximum absolute atomic E-state index is 12.6. The number of carbonyl (C=O) groups excluding carboxylic acids is 3. The van der Waals surface area contributed by atoms with Gasteiger partial charge in [-0.1, -0.05) is 42.1 Å². The summed E-state index contributed by atoms with van der Waals surface area (Å²) in [6.07, 6.45) is 0. The summed E-state index contributed by atoms with van der Waals surface area (Å²) in [4.78, 5) is 49.0. The maximum atomic E-state index is 12.6. The van der Waals surface area contributed by atoms with Crippen LogP contribution in [-0.4, -0.2) is 37.9 Å². The molecule has 0 unspecified atom stereocenters. The Labute approximate surface area is 162 Å². The monoisotopic (exact) mass is 394 g/mol. The van der Waals surface area contributed by atoms with E-state index in [4.69, 9.17) is 0 Å². The Kier molecular flexibility index (Phi) is 4.66. The molecule has 28 heavy (non-hydrogen) atoms. The van der Waals surface area contributed by atoms with E-state index in [1.165, 1.54) is 4.90 Å². The molecule has 0 saturated carbocycles. The van der Waals surface area contributed by atoms with Gasteiger partial charge in [-0.25, -0.2) is 5.10 Å². The number of imide groups is 1. The second-order valence-electron chi connectivity index (χ2n) is 6.13. The summed E-state index contributed by atoms with van der Waals surface area (Å²) in [5.74, 6) is -0.488. The molecule has 1 aliphatic rings. The van der Waals surface area contributed by atoms with Crippen molar-refractivity contribution in [2.75, 3.05) is 11.1 Å². The standard InChI is InChI=1S/C19H14N4O4S/c24-15-10-28-19(27)23(15)9-11-5-7-12(8-6-11)20-18(26)16-13-3-1-2-4-14(13)17(25)22-21-16/h1-8H,9-10H2,(H,20,26)(H,22,25). The number of aromatic amines is 1. The van der Waals surface area contributed by atoms with Crippen LogP contribution in [0.25, 0.3) is 10.8 Å². The Hall–Kier alpha value is -3.46. The number of nitrogens with one attached hydrogen (secondary N) is 2. The van der Waals surface area contributed by atoms with Gasteiger partial charge in [0.2, 0.25) is 5.91 Å². The van der Waals surface area contributed by atoms with Crippen molar-refractivity contribution in [1.82, 2.24) is 15.1 Å². The highest BCUT2D eigenvalue weighted by molar-refractivity contribution is 8.14. The van der Waals surface area contributed by atoms with Gasteiger partial charge in [0.25, 0.3) is 16.7 Å². The molecule has 4 rings (SSSR count). The lowest BCUT2D eigenvalue weighted by Gasteiger charge is -2.13. The lowest BCUT2D eigenvalue weighted by molar-refractivity contribution is -0.125. The molecular weight excluding hydrogens is 380 g/mol. The van der Waals surface area contributed by atoms with Crippen LogP contribution in [0.15, 0.2) is 53.3 Å². The number of anilines is 1. The average molecular weight is 394 g/mol. The minimum absolute atomic E-state index is 0.115. The van der Waals surface area contributed by atoms with E-state index in [2.05, 4.69) is 15.5 Å². The summed E-state index contributed by atoms with van der Waals surface area (Å²) in [5.41, 5.74) is 1.05. The van der Waals surface area contributed by atoms with E-state index in [9.17, 15) is 19.2 Å². The third kappa shape index (κ3) is 3.39. The molecule has 1 aliphatic heterocycles. The predicted molar refractivity (Wildman–Crippen MR) is 105 cm³/mol. The summed E-state index contributed by atoms with van der Waals surface area (Å²) in [7, 11) is 0. The van der Waals surface area contributed by atoms with Crippen molar-refractivity contribution in [3.8, 4) is 0 Å². The number of benzene rings is 2. The van der Waals surface area contributed by atoms with E-state index in [0.717, 1.165) is 17.3 Å². The second kappa shape index (κ2) is 7.28. The predicted octanol–water partition coefficient (Wildman–Crippen LogP) is 2.37. The number of hydrogen-bond acceptors (Lipinski definition) is 6. The van der Waals surface area contributed by atoms with Crippen molar-refractivity contribution in [3.05, 3.63) is 70.1 Å². The van der Waals surface area contributed by atoms with Gasteiger partial charge in [-0.3, -0.25) is 24.1 Å². The van der Waals surface area contributed by atoms with E-state index < -0.39 is 5.91 Å². The summed E-state index contributed by atoms with van der Waals surface area (Å²) >= 11 is 0.992. The smallest absolute Gasteiger partial charge is 0.289 e. The van der Waals surface area contributed by atoms with E-state index in [1.54, 1.807) is 48.5 Å². The van der Waals surface area contributed by atoms with E-state index >= 15 is 0 Å². The fourth-order valence-corrected chi connectivity index (χ4v) is 3.61. The van der Waals surface area contributed by atoms with Crippen molar-refractivity contribution in [2.45, 2.75) is 6.54 Å². The van der Waals surface area contributed by atoms with Crippen LogP contribution in [0.5, 0.6) is 0 Å². The first kappa shape index (κ1) is 17.9. The van der Waals surface area contributed by atoms with Crippen molar-refractivity contribution in [3.63, 3.8) is 0 Å². The van der Waals surface area contributed by atoms with E-state index in [-0.39, 0.29) is 34.7 Å². The summed E-state index contributed by atoms with van der Waals surface area (Å²) in [5, 5.41) is 9.53. The number of nitrogens with zero attached hydrogens (tertiary/aromatic N) is 2.